The maximum Gasteiger partial charge on any atom is 0.338 e. The maximum atomic E-state index is 11.5. The topological polar surface area (TPSA) is 88.8 Å². The van der Waals surface area contributed by atoms with E-state index in [9.17, 15) is 9.59 Å². The summed E-state index contributed by atoms with van der Waals surface area (Å²) in [6, 6.07) is 1.20. The van der Waals surface area contributed by atoms with Gasteiger partial charge in [-0.1, -0.05) is 6.92 Å². The van der Waals surface area contributed by atoms with Crippen molar-refractivity contribution in [3.63, 3.8) is 0 Å². The predicted octanol–water partition coefficient (Wildman–Crippen LogP) is 1.52. The van der Waals surface area contributed by atoms with E-state index in [1.165, 1.54) is 6.07 Å². The van der Waals surface area contributed by atoms with E-state index < -0.39 is 11.9 Å². The van der Waals surface area contributed by atoms with Gasteiger partial charge in [0.1, 0.15) is 6.26 Å². The standard InChI is InChI=1S/C12H17NO5/c1-2-5-17-6-3-4-13-11(14)10-7-9(8-18-10)12(15)16/h7-8H,2-6H2,1H3,(H,13,14)(H,15,16). The van der Waals surface area contributed by atoms with Gasteiger partial charge in [0.15, 0.2) is 5.76 Å². The normalized spacial score (nSPS) is 10.3. The van der Waals surface area contributed by atoms with Crippen molar-refractivity contribution in [1.29, 1.82) is 0 Å². The predicted molar refractivity (Wildman–Crippen MR) is 63.7 cm³/mol. The third kappa shape index (κ3) is 4.58. The van der Waals surface area contributed by atoms with Crippen molar-refractivity contribution in [2.24, 2.45) is 0 Å². The fourth-order valence-corrected chi connectivity index (χ4v) is 1.28. The van der Waals surface area contributed by atoms with Crippen LogP contribution in [0.2, 0.25) is 0 Å². The van der Waals surface area contributed by atoms with Gasteiger partial charge in [-0.05, 0) is 12.8 Å². The first kappa shape index (κ1) is 14.2. The number of rotatable bonds is 8. The molecule has 0 aliphatic heterocycles. The van der Waals surface area contributed by atoms with Crippen LogP contribution in [-0.4, -0.2) is 36.7 Å². The Bertz CT molecular complexity index is 399. The summed E-state index contributed by atoms with van der Waals surface area (Å²) in [5.41, 5.74) is -0.0357. The Morgan fingerprint density at radius 3 is 2.83 bits per heavy atom. The van der Waals surface area contributed by atoms with Gasteiger partial charge < -0.3 is 19.6 Å². The van der Waals surface area contributed by atoms with Gasteiger partial charge in [0.25, 0.3) is 5.91 Å². The van der Waals surface area contributed by atoms with E-state index in [4.69, 9.17) is 14.3 Å². The minimum atomic E-state index is -1.12. The number of furan rings is 1. The maximum absolute atomic E-state index is 11.5. The minimum absolute atomic E-state index is 0.00174. The lowest BCUT2D eigenvalue weighted by molar-refractivity contribution is 0.0695. The van der Waals surface area contributed by atoms with Crippen LogP contribution < -0.4 is 5.32 Å². The molecule has 0 fully saturated rings. The number of carboxylic acids is 1. The van der Waals surface area contributed by atoms with Gasteiger partial charge in [-0.3, -0.25) is 4.79 Å². The molecule has 0 spiro atoms. The number of aromatic carboxylic acids is 1. The van der Waals surface area contributed by atoms with E-state index in [1.54, 1.807) is 0 Å². The van der Waals surface area contributed by atoms with Crippen LogP contribution >= 0.6 is 0 Å². The summed E-state index contributed by atoms with van der Waals surface area (Å²) in [5, 5.41) is 11.3. The molecule has 18 heavy (non-hydrogen) atoms. The summed E-state index contributed by atoms with van der Waals surface area (Å²) in [7, 11) is 0. The molecule has 0 bridgehead atoms. The van der Waals surface area contributed by atoms with Crippen LogP contribution in [0.4, 0.5) is 0 Å². The summed E-state index contributed by atoms with van der Waals surface area (Å²) in [6.07, 6.45) is 2.72. The lowest BCUT2D eigenvalue weighted by atomic mass is 10.3. The van der Waals surface area contributed by atoms with Gasteiger partial charge in [0.05, 0.1) is 5.56 Å². The van der Waals surface area contributed by atoms with Crippen molar-refractivity contribution in [3.05, 3.63) is 23.7 Å². The molecule has 0 saturated carbocycles. The molecule has 0 unspecified atom stereocenters. The summed E-state index contributed by atoms with van der Waals surface area (Å²) in [6.45, 7) is 3.80. The molecule has 0 saturated heterocycles. The fourth-order valence-electron chi connectivity index (χ4n) is 1.28. The number of amides is 1. The molecule has 0 radical (unpaired) electrons. The average molecular weight is 255 g/mol. The van der Waals surface area contributed by atoms with Gasteiger partial charge in [-0.2, -0.15) is 0 Å². The summed E-state index contributed by atoms with van der Waals surface area (Å²) in [5.74, 6) is -1.54. The molecular weight excluding hydrogens is 238 g/mol. The Kier molecular flexibility index (Phi) is 5.93. The van der Waals surface area contributed by atoms with Crippen LogP contribution in [0.15, 0.2) is 16.7 Å². The molecule has 6 heteroatoms. The number of hydrogen-bond acceptors (Lipinski definition) is 4. The summed E-state index contributed by atoms with van der Waals surface area (Å²) < 4.78 is 10.1. The van der Waals surface area contributed by atoms with Crippen LogP contribution in [0.25, 0.3) is 0 Å². The van der Waals surface area contributed by atoms with Crippen molar-refractivity contribution in [2.45, 2.75) is 19.8 Å². The first-order chi connectivity index (χ1) is 8.65. The molecule has 0 aliphatic rings. The Hall–Kier alpha value is -1.82. The van der Waals surface area contributed by atoms with Gasteiger partial charge >= 0.3 is 5.97 Å². The van der Waals surface area contributed by atoms with E-state index >= 15 is 0 Å². The first-order valence-corrected chi connectivity index (χ1v) is 5.83. The van der Waals surface area contributed by atoms with E-state index in [2.05, 4.69) is 5.32 Å². The monoisotopic (exact) mass is 255 g/mol. The van der Waals surface area contributed by atoms with Crippen LogP contribution in [0.5, 0.6) is 0 Å². The number of carbonyl (C=O) groups is 2. The molecule has 1 heterocycles. The summed E-state index contributed by atoms with van der Waals surface area (Å²) in [4.78, 5) is 22.1. The second-order valence-corrected chi connectivity index (χ2v) is 3.73. The molecular formula is C12H17NO5. The van der Waals surface area contributed by atoms with Crippen molar-refractivity contribution in [2.75, 3.05) is 19.8 Å². The van der Waals surface area contributed by atoms with Crippen LogP contribution in [-0.2, 0) is 4.74 Å². The molecule has 2 N–H and O–H groups in total. The van der Waals surface area contributed by atoms with Crippen molar-refractivity contribution in [1.82, 2.24) is 5.32 Å². The van der Waals surface area contributed by atoms with Gasteiger partial charge in [0, 0.05) is 25.8 Å². The molecule has 1 rings (SSSR count). The Balaban J connectivity index is 2.25. The Morgan fingerprint density at radius 2 is 2.22 bits per heavy atom. The number of hydrogen-bond donors (Lipinski definition) is 2. The Labute approximate surface area is 105 Å². The number of carboxylic acid groups (broad SMARTS) is 1. The molecule has 0 atom stereocenters. The molecule has 1 aromatic rings. The fraction of sp³-hybridized carbons (Fsp3) is 0.500. The highest BCUT2D eigenvalue weighted by Crippen LogP contribution is 2.07. The molecule has 1 aromatic heterocycles. The highest BCUT2D eigenvalue weighted by molar-refractivity contribution is 5.95. The second-order valence-electron chi connectivity index (χ2n) is 3.73. The minimum Gasteiger partial charge on any atom is -0.478 e. The van der Waals surface area contributed by atoms with Crippen LogP contribution in [0.3, 0.4) is 0 Å². The largest absolute Gasteiger partial charge is 0.478 e. The highest BCUT2D eigenvalue weighted by Gasteiger charge is 2.13. The van der Waals surface area contributed by atoms with Crippen molar-refractivity contribution < 1.29 is 23.8 Å². The van der Waals surface area contributed by atoms with Crippen molar-refractivity contribution in [3.8, 4) is 0 Å². The van der Waals surface area contributed by atoms with Crippen LogP contribution in [0.1, 0.15) is 40.7 Å². The van der Waals surface area contributed by atoms with Gasteiger partial charge in [-0.25, -0.2) is 4.79 Å². The SMILES string of the molecule is CCCOCCCNC(=O)c1cc(C(=O)O)co1. The molecule has 1 amide bonds. The van der Waals surface area contributed by atoms with Crippen LogP contribution in [0, 0.1) is 0 Å². The zero-order valence-electron chi connectivity index (χ0n) is 10.3. The van der Waals surface area contributed by atoms with Crippen molar-refractivity contribution >= 4 is 11.9 Å². The molecule has 6 nitrogen and oxygen atoms in total. The quantitative estimate of drug-likeness (QED) is 0.687. The Morgan fingerprint density at radius 1 is 1.44 bits per heavy atom. The van der Waals surface area contributed by atoms with E-state index in [-0.39, 0.29) is 11.3 Å². The first-order valence-electron chi connectivity index (χ1n) is 5.83. The van der Waals surface area contributed by atoms with E-state index in [0.29, 0.717) is 26.2 Å². The molecule has 0 aliphatic carbocycles. The van der Waals surface area contributed by atoms with Gasteiger partial charge in [0.2, 0.25) is 0 Å². The van der Waals surface area contributed by atoms with E-state index in [1.807, 2.05) is 6.92 Å². The highest BCUT2D eigenvalue weighted by atomic mass is 16.5. The van der Waals surface area contributed by atoms with E-state index in [0.717, 1.165) is 12.7 Å². The lowest BCUT2D eigenvalue weighted by Crippen LogP contribution is -2.24. The number of carbonyl (C=O) groups excluding carboxylic acids is 1. The number of ether oxygens (including phenoxy) is 1. The van der Waals surface area contributed by atoms with Gasteiger partial charge in [-0.15, -0.1) is 0 Å². The third-order valence-electron chi connectivity index (χ3n) is 2.17. The number of nitrogens with one attached hydrogen (secondary N) is 1. The summed E-state index contributed by atoms with van der Waals surface area (Å²) >= 11 is 0. The zero-order valence-corrected chi connectivity index (χ0v) is 10.3. The lowest BCUT2D eigenvalue weighted by Gasteiger charge is -2.03. The third-order valence-corrected chi connectivity index (χ3v) is 2.17. The molecule has 100 valence electrons. The smallest absolute Gasteiger partial charge is 0.338 e. The zero-order chi connectivity index (χ0) is 13.4. The second kappa shape index (κ2) is 7.50. The molecule has 0 aromatic carbocycles. The average Bonchev–Trinajstić information content (AvgIpc) is 2.83.